The van der Waals surface area contributed by atoms with E-state index in [1.165, 1.54) is 13.3 Å². The largest absolute Gasteiger partial charge is 0.473 e. The van der Waals surface area contributed by atoms with Crippen LogP contribution in [0.2, 0.25) is 0 Å². The fraction of sp³-hybridized carbons (Fsp3) is 0.471. The minimum atomic E-state index is -0.422. The Bertz CT molecular complexity index is 649. The second kappa shape index (κ2) is 7.76. The maximum Gasteiger partial charge on any atom is 0.339 e. The Kier molecular flexibility index (Phi) is 5.73. The minimum Gasteiger partial charge on any atom is -0.473 e. The van der Waals surface area contributed by atoms with Gasteiger partial charge < -0.3 is 14.0 Å². The van der Waals surface area contributed by atoms with Crippen LogP contribution in [0, 0.1) is 6.92 Å². The van der Waals surface area contributed by atoms with Crippen molar-refractivity contribution >= 4 is 5.97 Å². The van der Waals surface area contributed by atoms with Gasteiger partial charge in [0.1, 0.15) is 12.4 Å². The second-order valence-electron chi connectivity index (χ2n) is 5.46. The van der Waals surface area contributed by atoms with E-state index in [9.17, 15) is 4.79 Å². The second-order valence-corrected chi connectivity index (χ2v) is 5.46. The normalized spacial score (nSPS) is 12.0. The molecule has 0 aromatic carbocycles. The lowest BCUT2D eigenvalue weighted by atomic mass is 9.98. The van der Waals surface area contributed by atoms with E-state index in [2.05, 4.69) is 28.7 Å². The van der Waals surface area contributed by atoms with Gasteiger partial charge in [0, 0.05) is 18.2 Å². The average molecular weight is 318 g/mol. The number of hydrogen-bond donors (Lipinski definition) is 0. The summed E-state index contributed by atoms with van der Waals surface area (Å²) < 4.78 is 15.6. The van der Waals surface area contributed by atoms with Crippen molar-refractivity contribution in [2.24, 2.45) is 0 Å². The van der Waals surface area contributed by atoms with E-state index in [4.69, 9.17) is 9.26 Å². The molecule has 0 radical (unpaired) electrons. The number of nitrogens with zero attached hydrogens (tertiary/aromatic N) is 2. The number of pyridine rings is 1. The Morgan fingerprint density at radius 3 is 2.78 bits per heavy atom. The molecule has 0 saturated carbocycles. The molecule has 6 nitrogen and oxygen atoms in total. The molecule has 0 amide bonds. The molecule has 0 saturated heterocycles. The molecule has 0 fully saturated rings. The van der Waals surface area contributed by atoms with Crippen molar-refractivity contribution in [3.8, 4) is 5.88 Å². The third kappa shape index (κ3) is 4.09. The van der Waals surface area contributed by atoms with Gasteiger partial charge in [-0.05, 0) is 19.4 Å². The first kappa shape index (κ1) is 17.0. The first-order valence-corrected chi connectivity index (χ1v) is 7.69. The summed E-state index contributed by atoms with van der Waals surface area (Å²) in [7, 11) is 1.33. The van der Waals surface area contributed by atoms with Gasteiger partial charge >= 0.3 is 5.97 Å². The maximum absolute atomic E-state index is 11.4. The van der Waals surface area contributed by atoms with E-state index >= 15 is 0 Å². The number of carbonyl (C=O) groups is 1. The monoisotopic (exact) mass is 318 g/mol. The highest BCUT2D eigenvalue weighted by Gasteiger charge is 2.19. The number of methoxy groups -OCH3 is 1. The number of aryl methyl sites for hydroxylation is 1. The molecule has 0 aliphatic carbocycles. The molecule has 0 aliphatic heterocycles. The van der Waals surface area contributed by atoms with Gasteiger partial charge in [0.25, 0.3) is 0 Å². The summed E-state index contributed by atoms with van der Waals surface area (Å²) >= 11 is 0. The minimum absolute atomic E-state index is 0.325. The smallest absolute Gasteiger partial charge is 0.339 e. The molecule has 1 unspecified atom stereocenters. The van der Waals surface area contributed by atoms with Crippen molar-refractivity contribution in [3.05, 3.63) is 40.9 Å². The zero-order chi connectivity index (χ0) is 16.8. The molecule has 2 heterocycles. The zero-order valence-electron chi connectivity index (χ0n) is 14.0. The zero-order valence-corrected chi connectivity index (χ0v) is 14.0. The molecule has 0 aliphatic rings. The van der Waals surface area contributed by atoms with Crippen molar-refractivity contribution in [1.82, 2.24) is 10.1 Å². The van der Waals surface area contributed by atoms with Crippen LogP contribution in [0.4, 0.5) is 0 Å². The summed E-state index contributed by atoms with van der Waals surface area (Å²) in [5.41, 5.74) is 2.29. The average Bonchev–Trinajstić information content (AvgIpc) is 2.94. The van der Waals surface area contributed by atoms with Crippen LogP contribution in [-0.2, 0) is 11.3 Å². The third-order valence-corrected chi connectivity index (χ3v) is 3.73. The van der Waals surface area contributed by atoms with Crippen molar-refractivity contribution in [2.45, 2.75) is 46.1 Å². The molecular weight excluding hydrogens is 296 g/mol. The molecule has 2 aromatic rings. The molecule has 0 bridgehead atoms. The fourth-order valence-corrected chi connectivity index (χ4v) is 2.39. The van der Waals surface area contributed by atoms with Crippen LogP contribution in [0.5, 0.6) is 5.88 Å². The molecule has 23 heavy (non-hydrogen) atoms. The quantitative estimate of drug-likeness (QED) is 0.725. The molecule has 0 N–H and O–H groups in total. The van der Waals surface area contributed by atoms with Gasteiger partial charge in [0.15, 0.2) is 0 Å². The summed E-state index contributed by atoms with van der Waals surface area (Å²) in [6.07, 6.45) is 3.57. The Balaban J connectivity index is 2.06. The maximum atomic E-state index is 11.4. The lowest BCUT2D eigenvalue weighted by molar-refractivity contribution is 0.0600. The van der Waals surface area contributed by atoms with E-state index in [-0.39, 0.29) is 0 Å². The van der Waals surface area contributed by atoms with Gasteiger partial charge in [0.05, 0.1) is 23.9 Å². The molecule has 1 atom stereocenters. The van der Waals surface area contributed by atoms with Crippen LogP contribution in [0.25, 0.3) is 0 Å². The number of aromatic nitrogens is 2. The predicted molar refractivity (Wildman–Crippen MR) is 84.5 cm³/mol. The van der Waals surface area contributed by atoms with Crippen LogP contribution >= 0.6 is 0 Å². The summed E-state index contributed by atoms with van der Waals surface area (Å²) in [6, 6.07) is 3.26. The van der Waals surface area contributed by atoms with Crippen LogP contribution < -0.4 is 4.74 Å². The lowest BCUT2D eigenvalue weighted by Crippen LogP contribution is -2.05. The highest BCUT2D eigenvalue weighted by atomic mass is 16.5. The first-order chi connectivity index (χ1) is 11.1. The van der Waals surface area contributed by atoms with E-state index in [1.54, 1.807) is 12.1 Å². The number of esters is 1. The Labute approximate surface area is 135 Å². The number of rotatable bonds is 7. The fourth-order valence-electron chi connectivity index (χ4n) is 2.39. The summed E-state index contributed by atoms with van der Waals surface area (Å²) in [5, 5.41) is 4.16. The van der Waals surface area contributed by atoms with Crippen molar-refractivity contribution in [2.75, 3.05) is 7.11 Å². The molecular formula is C17H22N2O4. The van der Waals surface area contributed by atoms with Crippen LogP contribution in [-0.4, -0.2) is 23.2 Å². The number of carbonyl (C=O) groups excluding carboxylic acids is 1. The number of hydrogen-bond acceptors (Lipinski definition) is 6. The van der Waals surface area contributed by atoms with Gasteiger partial charge in [-0.1, -0.05) is 25.4 Å². The van der Waals surface area contributed by atoms with Crippen molar-refractivity contribution in [3.63, 3.8) is 0 Å². The highest BCUT2D eigenvalue weighted by Crippen LogP contribution is 2.26. The molecule has 0 spiro atoms. The molecule has 124 valence electrons. The first-order valence-electron chi connectivity index (χ1n) is 7.69. The van der Waals surface area contributed by atoms with E-state index in [0.29, 0.717) is 24.0 Å². The van der Waals surface area contributed by atoms with Gasteiger partial charge in [-0.25, -0.2) is 9.78 Å². The topological polar surface area (TPSA) is 74.5 Å². The van der Waals surface area contributed by atoms with Gasteiger partial charge in [-0.2, -0.15) is 0 Å². The summed E-state index contributed by atoms with van der Waals surface area (Å²) in [6.45, 7) is 6.49. The van der Waals surface area contributed by atoms with Gasteiger partial charge in [-0.15, -0.1) is 0 Å². The van der Waals surface area contributed by atoms with Crippen LogP contribution in [0.1, 0.15) is 60.0 Å². The number of ether oxygens (including phenoxy) is 2. The van der Waals surface area contributed by atoms with Crippen LogP contribution in [0.15, 0.2) is 22.9 Å². The van der Waals surface area contributed by atoms with Gasteiger partial charge in [0.2, 0.25) is 5.88 Å². The standard InChI is InChI=1S/C17H22N2O4/c1-5-6-11(2)16-14(12(3)23-19-16)10-22-15-8-7-13(9-18-15)17(20)21-4/h7-9,11H,5-6,10H2,1-4H3. The van der Waals surface area contributed by atoms with Crippen molar-refractivity contribution < 1.29 is 18.8 Å². The van der Waals surface area contributed by atoms with E-state index in [1.807, 2.05) is 6.92 Å². The Hall–Kier alpha value is -2.37. The summed E-state index contributed by atoms with van der Waals surface area (Å²) in [4.78, 5) is 15.5. The SMILES string of the molecule is CCCC(C)c1noc(C)c1COc1ccc(C(=O)OC)cn1. The summed E-state index contributed by atoms with van der Waals surface area (Å²) in [5.74, 6) is 1.10. The van der Waals surface area contributed by atoms with Gasteiger partial charge in [-0.3, -0.25) is 0 Å². The highest BCUT2D eigenvalue weighted by molar-refractivity contribution is 5.88. The lowest BCUT2D eigenvalue weighted by Gasteiger charge is -2.10. The third-order valence-electron chi connectivity index (χ3n) is 3.73. The van der Waals surface area contributed by atoms with Crippen LogP contribution in [0.3, 0.4) is 0 Å². The molecule has 2 aromatic heterocycles. The van der Waals surface area contributed by atoms with E-state index < -0.39 is 5.97 Å². The predicted octanol–water partition coefficient (Wildman–Crippen LogP) is 3.65. The Morgan fingerprint density at radius 2 is 2.17 bits per heavy atom. The van der Waals surface area contributed by atoms with Crippen molar-refractivity contribution in [1.29, 1.82) is 0 Å². The molecule has 6 heteroatoms. The Morgan fingerprint density at radius 1 is 1.39 bits per heavy atom. The van der Waals surface area contributed by atoms with E-state index in [0.717, 1.165) is 29.9 Å². The molecule has 2 rings (SSSR count).